The van der Waals surface area contributed by atoms with Crippen LogP contribution in [0.3, 0.4) is 0 Å². The van der Waals surface area contributed by atoms with E-state index in [-0.39, 0.29) is 12.3 Å². The molecule has 0 unspecified atom stereocenters. The van der Waals surface area contributed by atoms with Gasteiger partial charge in [0.05, 0.1) is 12.8 Å². The highest BCUT2D eigenvalue weighted by molar-refractivity contribution is 6.30. The van der Waals surface area contributed by atoms with Crippen molar-refractivity contribution in [3.05, 3.63) is 130 Å². The van der Waals surface area contributed by atoms with E-state index in [1.807, 2.05) is 95.9 Å². The maximum atomic E-state index is 13.3. The van der Waals surface area contributed by atoms with Crippen LogP contribution in [0.4, 0.5) is 0 Å². The maximum Gasteiger partial charge on any atom is 0.307 e. The van der Waals surface area contributed by atoms with Crippen LogP contribution < -0.4 is 0 Å². The maximum absolute atomic E-state index is 13.3. The fraction of sp³-hybridized carbons (Fsp3) is 0.188. The normalized spacial score (nSPS) is 10.7. The van der Waals surface area contributed by atoms with E-state index in [9.17, 15) is 14.7 Å². The number of carboxylic acids is 1. The second-order valence-corrected chi connectivity index (χ2v) is 9.57. The van der Waals surface area contributed by atoms with Crippen molar-refractivity contribution in [3.63, 3.8) is 0 Å². The van der Waals surface area contributed by atoms with Crippen LogP contribution in [0, 0.1) is 0 Å². The summed E-state index contributed by atoms with van der Waals surface area (Å²) in [6, 6.07) is 33.3. The summed E-state index contributed by atoms with van der Waals surface area (Å²) in [5, 5.41) is 9.91. The Morgan fingerprint density at radius 3 is 2.05 bits per heavy atom. The number of benzene rings is 4. The van der Waals surface area contributed by atoms with Gasteiger partial charge in [-0.05, 0) is 58.4 Å². The number of nitrogens with zero attached hydrogens (tertiary/aromatic N) is 1. The molecular weight excluding hydrogens is 482 g/mol. The van der Waals surface area contributed by atoms with Crippen molar-refractivity contribution in [2.75, 3.05) is 6.54 Å². The van der Waals surface area contributed by atoms with E-state index in [1.165, 1.54) is 5.56 Å². The first-order valence-electron chi connectivity index (χ1n) is 12.4. The molecule has 0 spiro atoms. The number of carbonyl (C=O) groups excluding carboxylic acids is 1. The number of aryl methyl sites for hydroxylation is 1. The smallest absolute Gasteiger partial charge is 0.307 e. The van der Waals surface area contributed by atoms with Gasteiger partial charge in [0.2, 0.25) is 5.91 Å². The summed E-state index contributed by atoms with van der Waals surface area (Å²) in [5.41, 5.74) is 5.88. The Morgan fingerprint density at radius 1 is 0.703 bits per heavy atom. The van der Waals surface area contributed by atoms with Gasteiger partial charge in [0.25, 0.3) is 0 Å². The van der Waals surface area contributed by atoms with Crippen molar-refractivity contribution >= 4 is 23.5 Å². The lowest BCUT2D eigenvalue weighted by atomic mass is 9.97. The van der Waals surface area contributed by atoms with Crippen LogP contribution in [0.1, 0.15) is 28.7 Å². The number of hydrogen-bond acceptors (Lipinski definition) is 2. The second-order valence-electron chi connectivity index (χ2n) is 9.13. The number of carbonyl (C=O) groups is 2. The first kappa shape index (κ1) is 26.2. The van der Waals surface area contributed by atoms with Gasteiger partial charge in [-0.2, -0.15) is 0 Å². The van der Waals surface area contributed by atoms with E-state index in [0.717, 1.165) is 40.7 Å². The van der Waals surface area contributed by atoms with Crippen molar-refractivity contribution < 1.29 is 14.7 Å². The largest absolute Gasteiger partial charge is 0.481 e. The third-order valence-corrected chi connectivity index (χ3v) is 6.61. The Bertz CT molecular complexity index is 1320. The monoisotopic (exact) mass is 511 g/mol. The standard InChI is InChI=1S/C32H30ClNO3/c33-29-18-14-25(15-19-29)21-31(35)34(20-6-9-24-7-2-1-3-8-24)23-26-12-16-27(17-13-26)30-11-5-4-10-28(30)22-32(36)37/h1-5,7-8,10-19H,6,9,20-23H2,(H,36,37). The van der Waals surface area contributed by atoms with Gasteiger partial charge < -0.3 is 10.0 Å². The van der Waals surface area contributed by atoms with Crippen LogP contribution in [0.25, 0.3) is 11.1 Å². The fourth-order valence-electron chi connectivity index (χ4n) is 4.43. The van der Waals surface area contributed by atoms with E-state index < -0.39 is 5.97 Å². The summed E-state index contributed by atoms with van der Waals surface area (Å²) in [5.74, 6) is -0.777. The minimum absolute atomic E-state index is 0.0215. The molecule has 0 bridgehead atoms. The van der Waals surface area contributed by atoms with Crippen molar-refractivity contribution in [3.8, 4) is 11.1 Å². The molecule has 0 aliphatic carbocycles. The van der Waals surface area contributed by atoms with E-state index in [0.29, 0.717) is 24.5 Å². The summed E-state index contributed by atoms with van der Waals surface area (Å²) in [7, 11) is 0. The Kier molecular flexibility index (Phi) is 9.12. The van der Waals surface area contributed by atoms with Gasteiger partial charge in [-0.15, -0.1) is 0 Å². The van der Waals surface area contributed by atoms with Gasteiger partial charge in [0.15, 0.2) is 0 Å². The van der Waals surface area contributed by atoms with Crippen LogP contribution in [-0.4, -0.2) is 28.4 Å². The molecule has 5 heteroatoms. The van der Waals surface area contributed by atoms with Crippen LogP contribution in [-0.2, 0) is 35.4 Å². The van der Waals surface area contributed by atoms with E-state index in [4.69, 9.17) is 11.6 Å². The van der Waals surface area contributed by atoms with Crippen molar-refractivity contribution in [1.29, 1.82) is 0 Å². The lowest BCUT2D eigenvalue weighted by molar-refractivity contribution is -0.136. The summed E-state index contributed by atoms with van der Waals surface area (Å²) < 4.78 is 0. The number of hydrogen-bond donors (Lipinski definition) is 1. The SMILES string of the molecule is O=C(O)Cc1ccccc1-c1ccc(CN(CCCc2ccccc2)C(=O)Cc2ccc(Cl)cc2)cc1. The predicted octanol–water partition coefficient (Wildman–Crippen LogP) is 6.84. The second kappa shape index (κ2) is 12.9. The molecule has 0 atom stereocenters. The first-order valence-corrected chi connectivity index (χ1v) is 12.8. The summed E-state index contributed by atoms with van der Waals surface area (Å²) in [6.07, 6.45) is 2.08. The molecule has 0 radical (unpaired) electrons. The molecule has 0 heterocycles. The van der Waals surface area contributed by atoms with Gasteiger partial charge >= 0.3 is 5.97 Å². The Labute approximate surface area is 223 Å². The van der Waals surface area contributed by atoms with Gasteiger partial charge in [-0.1, -0.05) is 103 Å². The molecule has 1 N–H and O–H groups in total. The Morgan fingerprint density at radius 2 is 1.35 bits per heavy atom. The topological polar surface area (TPSA) is 57.6 Å². The molecule has 37 heavy (non-hydrogen) atoms. The lowest BCUT2D eigenvalue weighted by Gasteiger charge is -2.23. The van der Waals surface area contributed by atoms with Crippen molar-refractivity contribution in [1.82, 2.24) is 4.90 Å². The minimum atomic E-state index is -0.852. The molecule has 4 rings (SSSR count). The number of carboxylic acid groups (broad SMARTS) is 1. The molecule has 4 aromatic rings. The molecule has 0 fully saturated rings. The molecular formula is C32H30ClNO3. The number of amides is 1. The zero-order valence-electron chi connectivity index (χ0n) is 20.6. The summed E-state index contributed by atoms with van der Waals surface area (Å²) in [4.78, 5) is 26.5. The van der Waals surface area contributed by atoms with E-state index in [2.05, 4.69) is 12.1 Å². The molecule has 0 saturated heterocycles. The number of aliphatic carboxylic acids is 1. The van der Waals surface area contributed by atoms with Crippen LogP contribution in [0.15, 0.2) is 103 Å². The van der Waals surface area contributed by atoms with E-state index in [1.54, 1.807) is 0 Å². The van der Waals surface area contributed by atoms with Crippen molar-refractivity contribution in [2.24, 2.45) is 0 Å². The third kappa shape index (κ3) is 7.80. The highest BCUT2D eigenvalue weighted by Gasteiger charge is 2.15. The molecule has 0 saturated carbocycles. The van der Waals surface area contributed by atoms with Crippen molar-refractivity contribution in [2.45, 2.75) is 32.2 Å². The van der Waals surface area contributed by atoms with Gasteiger partial charge in [-0.25, -0.2) is 0 Å². The Balaban J connectivity index is 1.48. The molecule has 188 valence electrons. The summed E-state index contributed by atoms with van der Waals surface area (Å²) >= 11 is 6.01. The number of rotatable bonds is 11. The van der Waals surface area contributed by atoms with Gasteiger partial charge in [0.1, 0.15) is 0 Å². The molecule has 0 aliphatic heterocycles. The molecule has 0 aliphatic rings. The quantitative estimate of drug-likeness (QED) is 0.240. The highest BCUT2D eigenvalue weighted by Crippen LogP contribution is 2.25. The average Bonchev–Trinajstić information content (AvgIpc) is 2.90. The zero-order valence-corrected chi connectivity index (χ0v) is 21.4. The highest BCUT2D eigenvalue weighted by atomic mass is 35.5. The van der Waals surface area contributed by atoms with E-state index >= 15 is 0 Å². The third-order valence-electron chi connectivity index (χ3n) is 6.36. The first-order chi connectivity index (χ1) is 18.0. The van der Waals surface area contributed by atoms with Gasteiger partial charge in [0, 0.05) is 18.1 Å². The summed E-state index contributed by atoms with van der Waals surface area (Å²) in [6.45, 7) is 1.17. The zero-order chi connectivity index (χ0) is 26.0. The van der Waals surface area contributed by atoms with Crippen LogP contribution in [0.2, 0.25) is 5.02 Å². The van der Waals surface area contributed by atoms with Crippen LogP contribution in [0.5, 0.6) is 0 Å². The molecule has 4 aromatic carbocycles. The molecule has 4 nitrogen and oxygen atoms in total. The number of halogens is 1. The predicted molar refractivity (Wildman–Crippen MR) is 149 cm³/mol. The Hall–Kier alpha value is -3.89. The van der Waals surface area contributed by atoms with Crippen LogP contribution >= 0.6 is 11.6 Å². The lowest BCUT2D eigenvalue weighted by Crippen LogP contribution is -2.33. The average molecular weight is 512 g/mol. The van der Waals surface area contributed by atoms with Gasteiger partial charge in [-0.3, -0.25) is 9.59 Å². The molecule has 1 amide bonds. The minimum Gasteiger partial charge on any atom is -0.481 e. The fourth-order valence-corrected chi connectivity index (χ4v) is 4.55. The molecule has 0 aromatic heterocycles.